The zero-order valence-electron chi connectivity index (χ0n) is 11.7. The van der Waals surface area contributed by atoms with Crippen molar-refractivity contribution in [3.05, 3.63) is 58.2 Å². The Morgan fingerprint density at radius 2 is 0.600 bits per heavy atom. The number of hydrogen-bond donors (Lipinski definition) is 1. The summed E-state index contributed by atoms with van der Waals surface area (Å²) in [5, 5.41) is -4.10. The Morgan fingerprint density at radius 3 is 0.800 bits per heavy atom. The van der Waals surface area contributed by atoms with E-state index in [9.17, 15) is 48.7 Å². The van der Waals surface area contributed by atoms with Gasteiger partial charge in [0.1, 0.15) is 0 Å². The van der Waals surface area contributed by atoms with Crippen molar-refractivity contribution in [2.45, 2.75) is 6.55 Å². The molecule has 2 aromatic carbocycles. The standard InChI is InChI=1S/C13H4F10OSi/c1-25(24,12-8(20)4(16)2(14)5(17)9(12)21)13-10(22)6(18)3(15)7(19)11(13)23/h24H,1H3. The second kappa shape index (κ2) is 6.02. The van der Waals surface area contributed by atoms with Gasteiger partial charge in [-0.1, -0.05) is 0 Å². The molecule has 0 aliphatic rings. The van der Waals surface area contributed by atoms with Crippen molar-refractivity contribution in [2.24, 2.45) is 0 Å². The summed E-state index contributed by atoms with van der Waals surface area (Å²) in [4.78, 5) is 10.1. The first-order valence-electron chi connectivity index (χ1n) is 6.11. The number of hydrogen-bond acceptors (Lipinski definition) is 1. The summed E-state index contributed by atoms with van der Waals surface area (Å²) in [5.41, 5.74) is 0. The third-order valence-electron chi connectivity index (χ3n) is 3.39. The highest BCUT2D eigenvalue weighted by Gasteiger charge is 2.46. The summed E-state index contributed by atoms with van der Waals surface area (Å²) in [6.07, 6.45) is 0. The normalized spacial score (nSPS) is 12.0. The lowest BCUT2D eigenvalue weighted by atomic mass is 10.3. The fourth-order valence-electron chi connectivity index (χ4n) is 2.19. The summed E-state index contributed by atoms with van der Waals surface area (Å²) in [6, 6.07) is 0. The van der Waals surface area contributed by atoms with Crippen LogP contribution in [0.15, 0.2) is 0 Å². The molecule has 0 bridgehead atoms. The number of rotatable bonds is 2. The Balaban J connectivity index is 2.96. The molecular formula is C13H4F10OSi. The average Bonchev–Trinajstić information content (AvgIpc) is 2.54. The lowest BCUT2D eigenvalue weighted by Crippen LogP contribution is -2.62. The van der Waals surface area contributed by atoms with Crippen LogP contribution >= 0.6 is 0 Å². The molecule has 0 heterocycles. The first kappa shape index (κ1) is 19.2. The summed E-state index contributed by atoms with van der Waals surface area (Å²) >= 11 is 0. The van der Waals surface area contributed by atoms with Crippen LogP contribution in [-0.2, 0) is 0 Å². The third kappa shape index (κ3) is 2.59. The molecule has 25 heavy (non-hydrogen) atoms. The first-order valence-corrected chi connectivity index (χ1v) is 8.56. The fraction of sp³-hybridized carbons (Fsp3) is 0.0769. The molecule has 0 saturated carbocycles. The second-order valence-corrected chi connectivity index (χ2v) is 8.11. The molecule has 0 aliphatic heterocycles. The van der Waals surface area contributed by atoms with Crippen LogP contribution in [0.25, 0.3) is 0 Å². The minimum Gasteiger partial charge on any atom is -0.424 e. The SMILES string of the molecule is C[Si](O)(c1c(F)c(F)c(F)c(F)c1F)c1c(F)c(F)c(F)c(F)c1F. The molecule has 0 amide bonds. The van der Waals surface area contributed by atoms with Gasteiger partial charge in [0.25, 0.3) is 8.32 Å². The van der Waals surface area contributed by atoms with Crippen molar-refractivity contribution >= 4 is 18.7 Å². The molecule has 0 saturated heterocycles. The van der Waals surface area contributed by atoms with E-state index in [1.54, 1.807) is 0 Å². The highest BCUT2D eigenvalue weighted by Crippen LogP contribution is 2.23. The van der Waals surface area contributed by atoms with Gasteiger partial charge >= 0.3 is 0 Å². The van der Waals surface area contributed by atoms with Crippen LogP contribution in [0.4, 0.5) is 43.9 Å². The van der Waals surface area contributed by atoms with E-state index in [1.165, 1.54) is 0 Å². The van der Waals surface area contributed by atoms with Crippen LogP contribution in [0.3, 0.4) is 0 Å². The zero-order valence-corrected chi connectivity index (χ0v) is 12.7. The Morgan fingerprint density at radius 1 is 0.440 bits per heavy atom. The van der Waals surface area contributed by atoms with Gasteiger partial charge in [-0.3, -0.25) is 0 Å². The molecule has 0 fully saturated rings. The Bertz CT molecular complexity index is 766. The number of benzene rings is 2. The monoisotopic (exact) mass is 394 g/mol. The van der Waals surface area contributed by atoms with E-state index in [0.29, 0.717) is 0 Å². The van der Waals surface area contributed by atoms with Gasteiger partial charge in [-0.15, -0.1) is 0 Å². The largest absolute Gasteiger partial charge is 0.424 e. The topological polar surface area (TPSA) is 20.2 Å². The van der Waals surface area contributed by atoms with E-state index in [-0.39, 0.29) is 6.55 Å². The Labute approximate surface area is 133 Å². The highest BCUT2D eigenvalue weighted by atomic mass is 28.4. The van der Waals surface area contributed by atoms with E-state index >= 15 is 0 Å². The fourth-order valence-corrected chi connectivity index (χ4v) is 4.59. The molecule has 12 heteroatoms. The molecule has 136 valence electrons. The van der Waals surface area contributed by atoms with E-state index in [2.05, 4.69) is 0 Å². The first-order chi connectivity index (χ1) is 11.4. The molecule has 0 atom stereocenters. The van der Waals surface area contributed by atoms with Crippen LogP contribution < -0.4 is 10.4 Å². The molecule has 0 spiro atoms. The van der Waals surface area contributed by atoms with Gasteiger partial charge in [-0.05, 0) is 6.55 Å². The van der Waals surface area contributed by atoms with Gasteiger partial charge < -0.3 is 4.80 Å². The van der Waals surface area contributed by atoms with Crippen molar-refractivity contribution in [3.63, 3.8) is 0 Å². The predicted molar refractivity (Wildman–Crippen MR) is 65.6 cm³/mol. The zero-order chi connectivity index (χ0) is 19.4. The van der Waals surface area contributed by atoms with Gasteiger partial charge in [0.05, 0.1) is 0 Å². The molecule has 0 radical (unpaired) electrons. The van der Waals surface area contributed by atoms with Gasteiger partial charge in [-0.2, -0.15) is 0 Å². The van der Waals surface area contributed by atoms with Crippen LogP contribution in [-0.4, -0.2) is 13.1 Å². The molecule has 1 N–H and O–H groups in total. The van der Waals surface area contributed by atoms with Crippen molar-refractivity contribution in [3.8, 4) is 0 Å². The van der Waals surface area contributed by atoms with Crippen molar-refractivity contribution in [2.75, 3.05) is 0 Å². The van der Waals surface area contributed by atoms with Crippen LogP contribution in [0.1, 0.15) is 0 Å². The van der Waals surface area contributed by atoms with Crippen LogP contribution in [0.5, 0.6) is 0 Å². The van der Waals surface area contributed by atoms with E-state index in [4.69, 9.17) is 0 Å². The van der Waals surface area contributed by atoms with Gasteiger partial charge in [-0.25, -0.2) is 43.9 Å². The van der Waals surface area contributed by atoms with Crippen LogP contribution in [0, 0.1) is 58.2 Å². The Hall–Kier alpha value is -2.08. The average molecular weight is 394 g/mol. The third-order valence-corrected chi connectivity index (χ3v) is 6.22. The molecule has 0 aromatic heterocycles. The number of halogens is 10. The smallest absolute Gasteiger partial charge is 0.261 e. The summed E-state index contributed by atoms with van der Waals surface area (Å²) in [5.74, 6) is -26.0. The van der Waals surface area contributed by atoms with Crippen molar-refractivity contribution in [1.82, 2.24) is 0 Å². The lowest BCUT2D eigenvalue weighted by Gasteiger charge is -2.24. The van der Waals surface area contributed by atoms with E-state index in [1.807, 2.05) is 0 Å². The van der Waals surface area contributed by atoms with Crippen LogP contribution in [0.2, 0.25) is 6.55 Å². The van der Waals surface area contributed by atoms with Gasteiger partial charge in [0.2, 0.25) is 11.6 Å². The second-order valence-electron chi connectivity index (χ2n) is 4.96. The predicted octanol–water partition coefficient (Wildman–Crippen LogP) is 2.76. The van der Waals surface area contributed by atoms with Crippen molar-refractivity contribution < 1.29 is 48.7 Å². The summed E-state index contributed by atoms with van der Waals surface area (Å²) in [7, 11) is -5.60. The van der Waals surface area contributed by atoms with E-state index in [0.717, 1.165) is 0 Å². The Kier molecular flexibility index (Phi) is 4.63. The molecule has 2 rings (SSSR count). The van der Waals surface area contributed by atoms with Crippen molar-refractivity contribution in [1.29, 1.82) is 0 Å². The maximum Gasteiger partial charge on any atom is 0.261 e. The quantitative estimate of drug-likeness (QED) is 0.360. The summed E-state index contributed by atoms with van der Waals surface area (Å²) < 4.78 is 134. The van der Waals surface area contributed by atoms with Gasteiger partial charge in [0, 0.05) is 10.4 Å². The molecule has 0 aliphatic carbocycles. The highest BCUT2D eigenvalue weighted by molar-refractivity contribution is 6.95. The molecular weight excluding hydrogens is 390 g/mol. The molecule has 0 unspecified atom stereocenters. The maximum absolute atomic E-state index is 13.8. The lowest BCUT2D eigenvalue weighted by molar-refractivity contribution is 0.378. The summed E-state index contributed by atoms with van der Waals surface area (Å²) in [6.45, 7) is 0.240. The minimum absolute atomic E-state index is 0.240. The van der Waals surface area contributed by atoms with E-state index < -0.39 is 76.9 Å². The minimum atomic E-state index is -5.60. The molecule has 1 nitrogen and oxygen atoms in total. The molecule has 2 aromatic rings. The van der Waals surface area contributed by atoms with Gasteiger partial charge in [0.15, 0.2) is 46.5 Å². The maximum atomic E-state index is 13.8.